The van der Waals surface area contributed by atoms with Gasteiger partial charge in [0.05, 0.1) is 0 Å². The van der Waals surface area contributed by atoms with E-state index < -0.39 is 95.1 Å². The van der Waals surface area contributed by atoms with Gasteiger partial charge in [-0.2, -0.15) is 0 Å². The number of amides is 10. The number of hydrogen-bond acceptors (Lipinski definition) is 16. The molecular weight excluding hydrogens is 1120 g/mol. The maximum Gasteiger partial charge on any atom is 0.407 e. The fourth-order valence-corrected chi connectivity index (χ4v) is 7.33. The first kappa shape index (κ1) is 74.7. The van der Waals surface area contributed by atoms with Crippen molar-refractivity contribution in [1.82, 2.24) is 53.8 Å². The lowest BCUT2D eigenvalue weighted by molar-refractivity contribution is -0.138. The molecule has 0 aliphatic rings. The molecule has 10 amide bonds. The maximum atomic E-state index is 13.7. The molecule has 10 N–H and O–H groups in total. The molecule has 0 fully saturated rings. The normalized spacial score (nSPS) is 13.5. The predicted octanol–water partition coefficient (Wildman–Crippen LogP) is 5.77. The molecular formula is C60H96N10O16. The van der Waals surface area contributed by atoms with Crippen molar-refractivity contribution >= 4 is 59.4 Å². The molecule has 0 aromatic heterocycles. The fraction of sp³-hybridized carbons (Fsp3) is 0.633. The summed E-state index contributed by atoms with van der Waals surface area (Å²) < 4.78 is 10.6. The molecule has 6 atom stereocenters. The number of benzene rings is 2. The van der Waals surface area contributed by atoms with Crippen molar-refractivity contribution in [3.05, 3.63) is 70.8 Å². The van der Waals surface area contributed by atoms with Gasteiger partial charge >= 0.3 is 12.2 Å². The van der Waals surface area contributed by atoms with Crippen molar-refractivity contribution < 1.29 is 76.8 Å². The molecule has 0 saturated heterocycles. The molecule has 0 saturated carbocycles. The van der Waals surface area contributed by atoms with Gasteiger partial charge in [-0.05, 0) is 167 Å². The monoisotopic (exact) mass is 1210 g/mol. The van der Waals surface area contributed by atoms with Gasteiger partial charge in [0.2, 0.25) is 0 Å². The Hall–Kier alpha value is -7.42. The van der Waals surface area contributed by atoms with Crippen molar-refractivity contribution in [2.24, 2.45) is 23.7 Å². The Bertz CT molecular complexity index is 2520. The highest BCUT2D eigenvalue weighted by Gasteiger charge is 2.26. The zero-order chi connectivity index (χ0) is 64.6. The smallest absolute Gasteiger partial charge is 0.407 e. The van der Waals surface area contributed by atoms with E-state index >= 15 is 0 Å². The van der Waals surface area contributed by atoms with Crippen LogP contribution in [0.1, 0.15) is 190 Å². The van der Waals surface area contributed by atoms with Gasteiger partial charge in [0.15, 0.2) is 24.4 Å². The molecule has 26 heteroatoms. The van der Waals surface area contributed by atoms with Crippen LogP contribution in [0.5, 0.6) is 0 Å². The van der Waals surface area contributed by atoms with E-state index in [1.54, 1.807) is 41.5 Å². The molecule has 2 aromatic carbocycles. The Kier molecular flexibility index (Phi) is 33.5. The van der Waals surface area contributed by atoms with Crippen LogP contribution >= 0.6 is 0 Å². The summed E-state index contributed by atoms with van der Waals surface area (Å²) >= 11 is 0. The van der Waals surface area contributed by atoms with E-state index in [1.807, 2.05) is 41.5 Å². The number of carbonyl (C=O) groups is 10. The standard InChI is InChI=1S/C60H96N10O16/c1-37(2)33-63-49(71)41(7)83-67-51(73)43-21-19-22-44(31-43)52(74)68-84-42(8)50(72)65-35-39(5)27-28-40(6)36-66-56(78)48(26-16-18-30-62-58(80)82-60(12,13)14)86-70-54(76)46-24-20-23-45(32-46)53(75)69-85-47(55(77)64-34-38(3)4)25-15-17-29-61-57(79)81-59(9,10)11/h19-24,31-32,37-42,47-48H,15-18,25-30,33-36H2,1-14H3,(H,61,79)(H,62,80)(H,63,71)(H,64,77)(H,65,72)(H,66,78)(H,67,73)(H,68,74)(H,69,75)(H,70,76)/t39?,40?,41-,42-,47-,48-/m1/s1. The van der Waals surface area contributed by atoms with Gasteiger partial charge in [-0.25, -0.2) is 31.5 Å². The third kappa shape index (κ3) is 32.7. The zero-order valence-electron chi connectivity index (χ0n) is 52.7. The summed E-state index contributed by atoms with van der Waals surface area (Å²) in [5, 5.41) is 16.6. The predicted molar refractivity (Wildman–Crippen MR) is 319 cm³/mol. The first-order chi connectivity index (χ1) is 40.3. The SMILES string of the molecule is CC(C)CNC(=O)[C@@H](C)ONC(=O)c1cccc(C(=O)NO[C@H](C)C(=O)NCC(C)CCC(C)CNC(=O)[C@@H](CCCCNC(=O)OC(C)(C)C)ONC(=O)c2cccc(C(=O)NO[C@H](CCCCNC(=O)OC(C)(C)C)C(=O)NCC(C)C)c2)c1. The third-order valence-corrected chi connectivity index (χ3v) is 12.2. The summed E-state index contributed by atoms with van der Waals surface area (Å²) in [4.78, 5) is 150. The zero-order valence-corrected chi connectivity index (χ0v) is 52.7. The number of alkyl carbamates (subject to hydrolysis) is 2. The minimum atomic E-state index is -1.16. The van der Waals surface area contributed by atoms with Crippen LogP contribution in [0.25, 0.3) is 0 Å². The number of rotatable bonds is 37. The van der Waals surface area contributed by atoms with E-state index in [2.05, 4.69) is 53.8 Å². The minimum absolute atomic E-state index is 0.00220. The van der Waals surface area contributed by atoms with Crippen LogP contribution in [0.2, 0.25) is 0 Å². The Morgan fingerprint density at radius 2 is 0.686 bits per heavy atom. The second-order valence-electron chi connectivity index (χ2n) is 24.0. The number of hydroxylamine groups is 4. The molecule has 2 rings (SSSR count). The minimum Gasteiger partial charge on any atom is -0.444 e. The summed E-state index contributed by atoms with van der Waals surface area (Å²) in [6.45, 7) is 27.0. The molecule has 482 valence electrons. The molecule has 0 radical (unpaired) electrons. The van der Waals surface area contributed by atoms with Gasteiger partial charge in [0, 0.05) is 61.5 Å². The summed E-state index contributed by atoms with van der Waals surface area (Å²) in [5.74, 6) is -4.37. The average Bonchev–Trinajstić information content (AvgIpc) is 3.66. The number of carbonyl (C=O) groups excluding carboxylic acids is 10. The summed E-state index contributed by atoms with van der Waals surface area (Å²) in [6.07, 6.45) is -1.93. The molecule has 0 aliphatic heterocycles. The van der Waals surface area contributed by atoms with Crippen molar-refractivity contribution in [2.45, 2.75) is 184 Å². The second kappa shape index (κ2) is 38.6. The molecule has 2 aromatic rings. The highest BCUT2D eigenvalue weighted by Crippen LogP contribution is 2.15. The van der Waals surface area contributed by atoms with Crippen LogP contribution in [0.15, 0.2) is 48.5 Å². The van der Waals surface area contributed by atoms with Crippen LogP contribution in [0.4, 0.5) is 9.59 Å². The molecule has 0 heterocycles. The van der Waals surface area contributed by atoms with E-state index in [1.165, 1.54) is 62.4 Å². The van der Waals surface area contributed by atoms with Gasteiger partial charge in [0.1, 0.15) is 11.2 Å². The first-order valence-electron chi connectivity index (χ1n) is 29.4. The largest absolute Gasteiger partial charge is 0.444 e. The Balaban J connectivity index is 1.96. The van der Waals surface area contributed by atoms with E-state index in [9.17, 15) is 47.9 Å². The highest BCUT2D eigenvalue weighted by atomic mass is 16.7. The molecule has 0 bridgehead atoms. The molecule has 0 spiro atoms. The van der Waals surface area contributed by atoms with E-state index in [0.29, 0.717) is 58.2 Å². The van der Waals surface area contributed by atoms with E-state index in [4.69, 9.17) is 28.8 Å². The number of unbranched alkanes of at least 4 members (excludes halogenated alkanes) is 2. The lowest BCUT2D eigenvalue weighted by Crippen LogP contribution is -2.43. The Morgan fingerprint density at radius 1 is 0.384 bits per heavy atom. The van der Waals surface area contributed by atoms with Gasteiger partial charge in [-0.3, -0.25) is 57.7 Å². The molecule has 0 aliphatic carbocycles. The van der Waals surface area contributed by atoms with Gasteiger partial charge in [-0.15, -0.1) is 0 Å². The number of hydrogen-bond donors (Lipinski definition) is 10. The summed E-state index contributed by atoms with van der Waals surface area (Å²) in [7, 11) is 0. The highest BCUT2D eigenvalue weighted by molar-refractivity contribution is 6.00. The number of nitrogens with one attached hydrogen (secondary N) is 10. The Morgan fingerprint density at radius 3 is 1.01 bits per heavy atom. The maximum absolute atomic E-state index is 13.7. The van der Waals surface area contributed by atoms with Crippen molar-refractivity contribution in [3.63, 3.8) is 0 Å². The van der Waals surface area contributed by atoms with Gasteiger partial charge in [0.25, 0.3) is 47.3 Å². The topological polar surface area (TPSA) is 346 Å². The average molecular weight is 1210 g/mol. The molecule has 26 nitrogen and oxygen atoms in total. The van der Waals surface area contributed by atoms with Crippen LogP contribution in [0.3, 0.4) is 0 Å². The van der Waals surface area contributed by atoms with Crippen molar-refractivity contribution in [3.8, 4) is 0 Å². The van der Waals surface area contributed by atoms with Gasteiger partial charge < -0.3 is 41.4 Å². The summed E-state index contributed by atoms with van der Waals surface area (Å²) in [5.41, 5.74) is 7.96. The lowest BCUT2D eigenvalue weighted by atomic mass is 9.98. The molecule has 86 heavy (non-hydrogen) atoms. The van der Waals surface area contributed by atoms with E-state index in [0.717, 1.165) is 0 Å². The van der Waals surface area contributed by atoms with Crippen molar-refractivity contribution in [2.75, 3.05) is 39.3 Å². The first-order valence-corrected chi connectivity index (χ1v) is 29.4. The molecule has 2 unspecified atom stereocenters. The van der Waals surface area contributed by atoms with E-state index in [-0.39, 0.29) is 78.4 Å². The van der Waals surface area contributed by atoms with Crippen LogP contribution in [-0.2, 0) is 48.0 Å². The quantitative estimate of drug-likeness (QED) is 0.0284. The van der Waals surface area contributed by atoms with Gasteiger partial charge in [-0.1, -0.05) is 53.7 Å². The second-order valence-corrected chi connectivity index (χ2v) is 24.0. The summed E-state index contributed by atoms with van der Waals surface area (Å²) in [6, 6.07) is 11.3. The van der Waals surface area contributed by atoms with Crippen LogP contribution in [-0.4, -0.2) is 134 Å². The number of ether oxygens (including phenoxy) is 2. The fourth-order valence-electron chi connectivity index (χ4n) is 7.33. The van der Waals surface area contributed by atoms with Crippen LogP contribution in [0, 0.1) is 23.7 Å². The third-order valence-electron chi connectivity index (χ3n) is 12.2. The Labute approximate surface area is 506 Å². The van der Waals surface area contributed by atoms with Crippen LogP contribution < -0.4 is 53.8 Å². The lowest BCUT2D eigenvalue weighted by Gasteiger charge is -2.21. The van der Waals surface area contributed by atoms with Crippen molar-refractivity contribution in [1.29, 1.82) is 0 Å².